The van der Waals surface area contributed by atoms with Gasteiger partial charge in [0.25, 0.3) is 0 Å². The summed E-state index contributed by atoms with van der Waals surface area (Å²) in [6.07, 6.45) is 0. The van der Waals surface area contributed by atoms with Crippen LogP contribution in [-0.4, -0.2) is 21.9 Å². The molecule has 7 heteroatoms. The SMILES string of the molecule is Cc1cc(NC(=O)CSc2nncs2)ccc1Br. The molecule has 0 aliphatic carbocycles. The summed E-state index contributed by atoms with van der Waals surface area (Å²) in [6, 6.07) is 5.71. The van der Waals surface area contributed by atoms with Gasteiger partial charge in [0.15, 0.2) is 4.34 Å². The van der Waals surface area contributed by atoms with Gasteiger partial charge in [0.2, 0.25) is 5.91 Å². The number of benzene rings is 1. The molecule has 94 valence electrons. The third-order valence-corrected chi connectivity index (χ3v) is 4.86. The minimum absolute atomic E-state index is 0.0445. The summed E-state index contributed by atoms with van der Waals surface area (Å²) in [5.41, 5.74) is 3.54. The third-order valence-electron chi connectivity index (χ3n) is 2.11. The summed E-state index contributed by atoms with van der Waals surface area (Å²) in [5, 5.41) is 10.4. The second kappa shape index (κ2) is 6.31. The van der Waals surface area contributed by atoms with E-state index in [1.165, 1.54) is 23.1 Å². The number of nitrogens with zero attached hydrogens (tertiary/aromatic N) is 2. The summed E-state index contributed by atoms with van der Waals surface area (Å²) in [5.74, 6) is 0.293. The first kappa shape index (κ1) is 13.5. The maximum atomic E-state index is 11.7. The molecule has 1 aromatic carbocycles. The van der Waals surface area contributed by atoms with Crippen molar-refractivity contribution in [2.24, 2.45) is 0 Å². The Balaban J connectivity index is 1.88. The Bertz CT molecular complexity index is 545. The molecule has 4 nitrogen and oxygen atoms in total. The van der Waals surface area contributed by atoms with Crippen molar-refractivity contribution in [3.63, 3.8) is 0 Å². The molecule has 0 atom stereocenters. The highest BCUT2D eigenvalue weighted by Crippen LogP contribution is 2.21. The van der Waals surface area contributed by atoms with E-state index in [2.05, 4.69) is 31.4 Å². The molecule has 0 radical (unpaired) electrons. The number of hydrogen-bond acceptors (Lipinski definition) is 5. The van der Waals surface area contributed by atoms with Gasteiger partial charge in [0.1, 0.15) is 5.51 Å². The number of aromatic nitrogens is 2. The number of rotatable bonds is 4. The maximum Gasteiger partial charge on any atom is 0.234 e. The maximum absolute atomic E-state index is 11.7. The molecule has 1 N–H and O–H groups in total. The van der Waals surface area contributed by atoms with Crippen molar-refractivity contribution in [2.75, 3.05) is 11.1 Å². The molecule has 1 amide bonds. The van der Waals surface area contributed by atoms with E-state index < -0.39 is 0 Å². The van der Waals surface area contributed by atoms with E-state index in [-0.39, 0.29) is 5.91 Å². The number of hydrogen-bond donors (Lipinski definition) is 1. The van der Waals surface area contributed by atoms with Gasteiger partial charge < -0.3 is 5.32 Å². The van der Waals surface area contributed by atoms with E-state index >= 15 is 0 Å². The van der Waals surface area contributed by atoms with Crippen LogP contribution in [0.15, 0.2) is 32.5 Å². The molecule has 0 aliphatic rings. The number of carbonyl (C=O) groups is 1. The molecule has 0 aliphatic heterocycles. The largest absolute Gasteiger partial charge is 0.325 e. The molecule has 0 bridgehead atoms. The Morgan fingerprint density at radius 1 is 1.56 bits per heavy atom. The standard InChI is InChI=1S/C11H10BrN3OS2/c1-7-4-8(2-3-9(7)12)14-10(16)5-17-11-15-13-6-18-11/h2-4,6H,5H2,1H3,(H,14,16). The van der Waals surface area contributed by atoms with Gasteiger partial charge in [-0.3, -0.25) is 4.79 Å². The highest BCUT2D eigenvalue weighted by atomic mass is 79.9. The van der Waals surface area contributed by atoms with Gasteiger partial charge >= 0.3 is 0 Å². The fourth-order valence-corrected chi connectivity index (χ4v) is 2.81. The number of nitrogens with one attached hydrogen (secondary N) is 1. The zero-order valence-corrected chi connectivity index (χ0v) is 12.7. The average molecular weight is 344 g/mol. The Kier molecular flexibility index (Phi) is 4.73. The molecule has 1 aromatic heterocycles. The van der Waals surface area contributed by atoms with Gasteiger partial charge in [0, 0.05) is 10.2 Å². The summed E-state index contributed by atoms with van der Waals surface area (Å²) in [7, 11) is 0. The number of carbonyl (C=O) groups excluding carboxylic acids is 1. The first-order valence-electron chi connectivity index (χ1n) is 5.10. The lowest BCUT2D eigenvalue weighted by Crippen LogP contribution is -2.14. The highest BCUT2D eigenvalue weighted by molar-refractivity contribution is 9.10. The van der Waals surface area contributed by atoms with E-state index in [9.17, 15) is 4.79 Å². The van der Waals surface area contributed by atoms with Crippen molar-refractivity contribution < 1.29 is 4.79 Å². The van der Waals surface area contributed by atoms with Gasteiger partial charge in [-0.1, -0.05) is 39.0 Å². The lowest BCUT2D eigenvalue weighted by atomic mass is 10.2. The summed E-state index contributed by atoms with van der Waals surface area (Å²) in [4.78, 5) is 11.7. The van der Waals surface area contributed by atoms with E-state index in [0.29, 0.717) is 5.75 Å². The van der Waals surface area contributed by atoms with E-state index in [4.69, 9.17) is 0 Å². The number of amides is 1. The Hall–Kier alpha value is -0.920. The van der Waals surface area contributed by atoms with Crippen molar-refractivity contribution in [2.45, 2.75) is 11.3 Å². The molecule has 18 heavy (non-hydrogen) atoms. The first-order valence-corrected chi connectivity index (χ1v) is 7.76. The van der Waals surface area contributed by atoms with Crippen LogP contribution in [0.25, 0.3) is 0 Å². The fraction of sp³-hybridized carbons (Fsp3) is 0.182. The summed E-state index contributed by atoms with van der Waals surface area (Å²) >= 11 is 6.24. The van der Waals surface area contributed by atoms with Crippen molar-refractivity contribution in [1.29, 1.82) is 0 Å². The Labute approximate surface area is 121 Å². The predicted octanol–water partition coefficient (Wildman–Crippen LogP) is 3.34. The molecule has 0 fully saturated rings. The highest BCUT2D eigenvalue weighted by Gasteiger charge is 2.06. The zero-order chi connectivity index (χ0) is 13.0. The van der Waals surface area contributed by atoms with E-state index in [1.54, 1.807) is 5.51 Å². The molecule has 1 heterocycles. The van der Waals surface area contributed by atoms with Crippen molar-refractivity contribution in [3.05, 3.63) is 33.7 Å². The summed E-state index contributed by atoms with van der Waals surface area (Å²) in [6.45, 7) is 1.98. The number of thioether (sulfide) groups is 1. The van der Waals surface area contributed by atoms with Crippen molar-refractivity contribution in [1.82, 2.24) is 10.2 Å². The van der Waals surface area contributed by atoms with Gasteiger partial charge in [-0.25, -0.2) is 0 Å². The van der Waals surface area contributed by atoms with Crippen molar-refractivity contribution in [3.8, 4) is 0 Å². The third kappa shape index (κ3) is 3.79. The first-order chi connectivity index (χ1) is 8.65. The normalized spacial score (nSPS) is 10.3. The van der Waals surface area contributed by atoms with Crippen LogP contribution in [-0.2, 0) is 4.79 Å². The minimum Gasteiger partial charge on any atom is -0.325 e. The van der Waals surface area contributed by atoms with Crippen LogP contribution in [0.4, 0.5) is 5.69 Å². The lowest BCUT2D eigenvalue weighted by Gasteiger charge is -2.06. The molecule has 2 aromatic rings. The number of aryl methyl sites for hydroxylation is 1. The van der Waals surface area contributed by atoms with Gasteiger partial charge in [-0.2, -0.15) is 0 Å². The van der Waals surface area contributed by atoms with Crippen LogP contribution in [0.5, 0.6) is 0 Å². The molecule has 0 saturated heterocycles. The Morgan fingerprint density at radius 2 is 2.39 bits per heavy atom. The molecular formula is C11H10BrN3OS2. The molecule has 0 unspecified atom stereocenters. The monoisotopic (exact) mass is 343 g/mol. The van der Waals surface area contributed by atoms with Crippen LogP contribution in [0.3, 0.4) is 0 Å². The second-order valence-electron chi connectivity index (χ2n) is 3.51. The average Bonchev–Trinajstić information content (AvgIpc) is 2.84. The van der Waals surface area contributed by atoms with Crippen molar-refractivity contribution >= 4 is 50.6 Å². The van der Waals surface area contributed by atoms with Gasteiger partial charge in [-0.05, 0) is 30.7 Å². The topological polar surface area (TPSA) is 54.9 Å². The molecule has 2 rings (SSSR count). The van der Waals surface area contributed by atoms with Crippen LogP contribution >= 0.6 is 39.0 Å². The predicted molar refractivity (Wildman–Crippen MR) is 78.1 cm³/mol. The zero-order valence-electron chi connectivity index (χ0n) is 9.51. The van der Waals surface area contributed by atoms with E-state index in [1.807, 2.05) is 25.1 Å². The van der Waals surface area contributed by atoms with Crippen LogP contribution in [0.1, 0.15) is 5.56 Å². The second-order valence-corrected chi connectivity index (χ2v) is 6.42. The molecular weight excluding hydrogens is 334 g/mol. The summed E-state index contributed by atoms with van der Waals surface area (Å²) < 4.78 is 1.83. The van der Waals surface area contributed by atoms with Crippen LogP contribution in [0.2, 0.25) is 0 Å². The molecule has 0 saturated carbocycles. The Morgan fingerprint density at radius 3 is 3.06 bits per heavy atom. The van der Waals surface area contributed by atoms with Gasteiger partial charge in [0.05, 0.1) is 5.75 Å². The van der Waals surface area contributed by atoms with Crippen LogP contribution in [0, 0.1) is 6.92 Å². The van der Waals surface area contributed by atoms with Gasteiger partial charge in [-0.15, -0.1) is 10.2 Å². The van der Waals surface area contributed by atoms with Crippen LogP contribution < -0.4 is 5.32 Å². The smallest absolute Gasteiger partial charge is 0.234 e. The lowest BCUT2D eigenvalue weighted by molar-refractivity contribution is -0.113. The molecule has 0 spiro atoms. The fourth-order valence-electron chi connectivity index (χ4n) is 1.27. The van der Waals surface area contributed by atoms with E-state index in [0.717, 1.165) is 20.1 Å². The number of halogens is 1. The quantitative estimate of drug-likeness (QED) is 0.865. The number of anilines is 1. The minimum atomic E-state index is -0.0445.